The van der Waals surface area contributed by atoms with Gasteiger partial charge in [0.2, 0.25) is 0 Å². The third-order valence-corrected chi connectivity index (χ3v) is 4.78. The number of ether oxygens (including phenoxy) is 1. The van der Waals surface area contributed by atoms with E-state index in [-0.39, 0.29) is 18.0 Å². The van der Waals surface area contributed by atoms with Crippen molar-refractivity contribution < 1.29 is 35.3 Å². The molecule has 120 valence electrons. The number of hydrogen-bond donors (Lipinski definition) is 0. The molecular weight excluding hydrogens is 315 g/mol. The van der Waals surface area contributed by atoms with Gasteiger partial charge in [-0.05, 0) is 19.9 Å². The summed E-state index contributed by atoms with van der Waals surface area (Å²) in [4.78, 5) is 13.6. The minimum Gasteiger partial charge on any atom is -0.466 e. The van der Waals surface area contributed by atoms with Gasteiger partial charge in [0.25, 0.3) is 0 Å². The summed E-state index contributed by atoms with van der Waals surface area (Å²) in [5.74, 6) is -1.34. The van der Waals surface area contributed by atoms with E-state index in [4.69, 9.17) is 0 Å². The molecule has 0 saturated carbocycles. The average Bonchev–Trinajstić information content (AvgIpc) is 2.60. The first kappa shape index (κ1) is 16.1. The lowest BCUT2D eigenvalue weighted by atomic mass is 10.0. The molecule has 0 aromatic carbocycles. The summed E-state index contributed by atoms with van der Waals surface area (Å²) in [6.45, 7) is 0. The number of halogens is 3. The minimum absolute atomic E-state index is 0.0766. The highest BCUT2D eigenvalue weighted by atomic mass is 32.2. The molecule has 2 aliphatic heterocycles. The minimum atomic E-state index is -5.79. The fourth-order valence-electron chi connectivity index (χ4n) is 2.73. The van der Waals surface area contributed by atoms with E-state index in [9.17, 15) is 26.4 Å². The summed E-state index contributed by atoms with van der Waals surface area (Å²) >= 11 is 0. The predicted molar refractivity (Wildman–Crippen MR) is 64.3 cm³/mol. The van der Waals surface area contributed by atoms with Crippen molar-refractivity contribution in [2.75, 3.05) is 14.2 Å². The smallest absolute Gasteiger partial charge is 0.466 e. The molecule has 0 aliphatic carbocycles. The molecule has 0 aromatic heterocycles. The zero-order valence-corrected chi connectivity index (χ0v) is 12.1. The van der Waals surface area contributed by atoms with Gasteiger partial charge in [-0.15, -0.1) is 0 Å². The molecule has 6 nitrogen and oxygen atoms in total. The zero-order chi connectivity index (χ0) is 16.0. The Balaban J connectivity index is 2.43. The van der Waals surface area contributed by atoms with Crippen molar-refractivity contribution in [1.82, 2.24) is 4.90 Å². The van der Waals surface area contributed by atoms with Crippen molar-refractivity contribution in [2.45, 2.75) is 36.9 Å². The molecule has 10 heteroatoms. The maximum atomic E-state index is 12.4. The molecule has 1 fully saturated rings. The van der Waals surface area contributed by atoms with Crippen LogP contribution in [0.15, 0.2) is 11.3 Å². The molecule has 2 atom stereocenters. The molecular formula is C11H14F3NO5S. The number of rotatable bonds is 3. The van der Waals surface area contributed by atoms with E-state index in [2.05, 4.69) is 8.92 Å². The maximum Gasteiger partial charge on any atom is 0.534 e. The molecule has 2 bridgehead atoms. The Bertz CT molecular complexity index is 583. The van der Waals surface area contributed by atoms with Gasteiger partial charge in [-0.2, -0.15) is 21.6 Å². The molecule has 0 aromatic rings. The molecule has 0 unspecified atom stereocenters. The molecule has 0 spiro atoms. The van der Waals surface area contributed by atoms with Crippen molar-refractivity contribution in [3.63, 3.8) is 0 Å². The number of esters is 1. The number of carbonyl (C=O) groups is 1. The second-order valence-electron chi connectivity index (χ2n) is 4.93. The monoisotopic (exact) mass is 329 g/mol. The summed E-state index contributed by atoms with van der Waals surface area (Å²) < 4.78 is 68.3. The Morgan fingerprint density at radius 2 is 1.95 bits per heavy atom. The SMILES string of the molecule is COC(=O)C1=C(OS(=O)(=O)C(F)(F)F)C[C@@H]2CC[C@H]1N2C. The van der Waals surface area contributed by atoms with Gasteiger partial charge >= 0.3 is 21.6 Å². The third-order valence-electron chi connectivity index (χ3n) is 3.79. The van der Waals surface area contributed by atoms with Gasteiger partial charge in [0.1, 0.15) is 5.76 Å². The maximum absolute atomic E-state index is 12.4. The van der Waals surface area contributed by atoms with E-state index in [1.165, 1.54) is 0 Å². The molecule has 2 heterocycles. The molecule has 2 rings (SSSR count). The summed E-state index contributed by atoms with van der Waals surface area (Å²) in [5.41, 5.74) is -5.69. The molecule has 0 N–H and O–H groups in total. The van der Waals surface area contributed by atoms with Gasteiger partial charge in [-0.1, -0.05) is 0 Å². The van der Waals surface area contributed by atoms with Gasteiger partial charge in [0, 0.05) is 18.5 Å². The van der Waals surface area contributed by atoms with Crippen LogP contribution in [0.2, 0.25) is 0 Å². The van der Waals surface area contributed by atoms with Crippen molar-refractivity contribution in [3.8, 4) is 0 Å². The molecule has 0 radical (unpaired) electrons. The number of carbonyl (C=O) groups excluding carboxylic acids is 1. The molecule has 0 amide bonds. The van der Waals surface area contributed by atoms with E-state index in [0.717, 1.165) is 7.11 Å². The Morgan fingerprint density at radius 3 is 2.48 bits per heavy atom. The normalized spacial score (nSPS) is 26.9. The summed E-state index contributed by atoms with van der Waals surface area (Å²) in [5, 5.41) is 0. The Hall–Kier alpha value is -1.29. The average molecular weight is 329 g/mol. The topological polar surface area (TPSA) is 72.9 Å². The predicted octanol–water partition coefficient (Wildman–Crippen LogP) is 1.15. The molecule has 1 saturated heterocycles. The number of likely N-dealkylation sites (N-methyl/N-ethyl adjacent to an activating group) is 1. The number of methoxy groups -OCH3 is 1. The largest absolute Gasteiger partial charge is 0.534 e. The van der Waals surface area contributed by atoms with Gasteiger partial charge in [0.05, 0.1) is 12.7 Å². The van der Waals surface area contributed by atoms with Crippen LogP contribution in [0.3, 0.4) is 0 Å². The van der Waals surface area contributed by atoms with Crippen LogP contribution in [-0.2, 0) is 23.8 Å². The van der Waals surface area contributed by atoms with Crippen LogP contribution in [0, 0.1) is 0 Å². The second-order valence-corrected chi connectivity index (χ2v) is 6.47. The van der Waals surface area contributed by atoms with Crippen LogP contribution < -0.4 is 0 Å². The Kier molecular flexibility index (Phi) is 3.96. The highest BCUT2D eigenvalue weighted by Crippen LogP contribution is 2.40. The van der Waals surface area contributed by atoms with Gasteiger partial charge in [-0.3, -0.25) is 4.90 Å². The van der Waals surface area contributed by atoms with E-state index in [1.807, 2.05) is 4.90 Å². The first-order valence-electron chi connectivity index (χ1n) is 6.12. The Morgan fingerprint density at radius 1 is 1.33 bits per heavy atom. The van der Waals surface area contributed by atoms with Crippen LogP contribution in [0.4, 0.5) is 13.2 Å². The Labute approximate surface area is 119 Å². The quantitative estimate of drug-likeness (QED) is 0.439. The lowest BCUT2D eigenvalue weighted by Crippen LogP contribution is -2.42. The number of alkyl halides is 3. The number of nitrogens with zero attached hydrogens (tertiary/aromatic N) is 1. The van der Waals surface area contributed by atoms with E-state index in [0.29, 0.717) is 12.8 Å². The van der Waals surface area contributed by atoms with Gasteiger partial charge in [0.15, 0.2) is 0 Å². The van der Waals surface area contributed by atoms with E-state index >= 15 is 0 Å². The highest BCUT2D eigenvalue weighted by molar-refractivity contribution is 7.87. The summed E-state index contributed by atoms with van der Waals surface area (Å²) in [6, 6.07) is -0.642. The second kappa shape index (κ2) is 5.16. The number of hydrogen-bond acceptors (Lipinski definition) is 6. The lowest BCUT2D eigenvalue weighted by Gasteiger charge is -2.33. The first-order chi connectivity index (χ1) is 9.58. The fourth-order valence-corrected chi connectivity index (χ4v) is 3.25. The third kappa shape index (κ3) is 2.73. The van der Waals surface area contributed by atoms with Crippen molar-refractivity contribution in [3.05, 3.63) is 11.3 Å². The van der Waals surface area contributed by atoms with E-state index in [1.54, 1.807) is 7.05 Å². The highest BCUT2D eigenvalue weighted by Gasteiger charge is 2.51. The lowest BCUT2D eigenvalue weighted by molar-refractivity contribution is -0.137. The van der Waals surface area contributed by atoms with Crippen LogP contribution >= 0.6 is 0 Å². The molecule has 21 heavy (non-hydrogen) atoms. The van der Waals surface area contributed by atoms with E-state index < -0.39 is 33.4 Å². The summed E-state index contributed by atoms with van der Waals surface area (Å²) in [7, 11) is -2.99. The van der Waals surface area contributed by atoms with Crippen molar-refractivity contribution in [2.24, 2.45) is 0 Å². The van der Waals surface area contributed by atoms with Crippen LogP contribution in [0.25, 0.3) is 0 Å². The van der Waals surface area contributed by atoms with Gasteiger partial charge in [-0.25, -0.2) is 4.79 Å². The standard InChI is InChI=1S/C11H14F3NO5S/c1-15-6-3-4-7(15)9(10(16)19-2)8(5-6)20-21(17,18)11(12,13)14/h6-7H,3-5H2,1-2H3/t6-,7+/m0/s1. The first-order valence-corrected chi connectivity index (χ1v) is 7.53. The summed E-state index contributed by atoms with van der Waals surface area (Å²) in [6.07, 6.45) is 1.10. The van der Waals surface area contributed by atoms with Crippen LogP contribution in [0.1, 0.15) is 19.3 Å². The van der Waals surface area contributed by atoms with Gasteiger partial charge < -0.3 is 8.92 Å². The van der Waals surface area contributed by atoms with Crippen molar-refractivity contribution >= 4 is 16.1 Å². The van der Waals surface area contributed by atoms with Crippen molar-refractivity contribution in [1.29, 1.82) is 0 Å². The number of fused-ring (bicyclic) bond motifs is 2. The van der Waals surface area contributed by atoms with Crippen LogP contribution in [-0.4, -0.2) is 51.0 Å². The fraction of sp³-hybridized carbons (Fsp3) is 0.727. The zero-order valence-electron chi connectivity index (χ0n) is 11.3. The molecule has 2 aliphatic rings. The van der Waals surface area contributed by atoms with Crippen LogP contribution in [0.5, 0.6) is 0 Å².